The Hall–Kier alpha value is -1.51. The normalized spacial score (nSPS) is 21.5. The molecule has 0 spiro atoms. The van der Waals surface area contributed by atoms with Crippen LogP contribution in [-0.2, 0) is 9.53 Å². The topological polar surface area (TPSA) is 66.0 Å². The molecule has 0 aromatic heterocycles. The van der Waals surface area contributed by atoms with E-state index in [1.54, 1.807) is 14.0 Å². The molecule has 0 radical (unpaired) electrons. The molecular formula is C13H23F3N4O2. The number of likely N-dealkylation sites (tertiary alicyclic amines) is 1. The van der Waals surface area contributed by atoms with Crippen LogP contribution in [0.15, 0.2) is 4.99 Å². The van der Waals surface area contributed by atoms with E-state index in [2.05, 4.69) is 20.4 Å². The van der Waals surface area contributed by atoms with Gasteiger partial charge >= 0.3 is 12.1 Å². The summed E-state index contributed by atoms with van der Waals surface area (Å²) in [7, 11) is 2.89. The molecule has 2 unspecified atom stereocenters. The smallest absolute Gasteiger partial charge is 0.401 e. The van der Waals surface area contributed by atoms with E-state index in [1.807, 2.05) is 0 Å². The number of halogens is 3. The number of carbonyl (C=O) groups excluding carboxylic acids is 1. The minimum Gasteiger partial charge on any atom is -0.469 e. The number of carbonyl (C=O) groups is 1. The summed E-state index contributed by atoms with van der Waals surface area (Å²) in [6.07, 6.45) is -3.56. The van der Waals surface area contributed by atoms with Crippen molar-refractivity contribution in [3.8, 4) is 0 Å². The largest absolute Gasteiger partial charge is 0.469 e. The summed E-state index contributed by atoms with van der Waals surface area (Å²) in [6, 6.07) is -0.0954. The van der Waals surface area contributed by atoms with Crippen molar-refractivity contribution in [1.82, 2.24) is 15.5 Å². The summed E-state index contributed by atoms with van der Waals surface area (Å²) in [5, 5.41) is 6.04. The van der Waals surface area contributed by atoms with Crippen molar-refractivity contribution in [2.75, 3.05) is 40.3 Å². The van der Waals surface area contributed by atoms with Gasteiger partial charge < -0.3 is 15.4 Å². The Bertz CT molecular complexity index is 401. The SMILES string of the molecule is CN=C(NCC(C)C(=O)OC)NC1CCN(CC(F)(F)F)C1. The van der Waals surface area contributed by atoms with Crippen molar-refractivity contribution in [1.29, 1.82) is 0 Å². The molecule has 1 heterocycles. The molecule has 1 rings (SSSR count). The van der Waals surface area contributed by atoms with Crippen LogP contribution in [-0.4, -0.2) is 69.4 Å². The van der Waals surface area contributed by atoms with Gasteiger partial charge in [0.05, 0.1) is 19.6 Å². The molecule has 1 aliphatic heterocycles. The Morgan fingerprint density at radius 1 is 1.50 bits per heavy atom. The fourth-order valence-electron chi connectivity index (χ4n) is 2.27. The third-order valence-electron chi connectivity index (χ3n) is 3.42. The minimum absolute atomic E-state index is 0.0954. The summed E-state index contributed by atoms with van der Waals surface area (Å²) < 4.78 is 41.6. The van der Waals surface area contributed by atoms with E-state index in [0.29, 0.717) is 32.0 Å². The number of ether oxygens (including phenoxy) is 1. The van der Waals surface area contributed by atoms with Gasteiger partial charge in [-0.25, -0.2) is 0 Å². The lowest BCUT2D eigenvalue weighted by Gasteiger charge is -2.20. The number of hydrogen-bond donors (Lipinski definition) is 2. The molecule has 0 aromatic rings. The second-order valence-electron chi connectivity index (χ2n) is 5.36. The van der Waals surface area contributed by atoms with Crippen LogP contribution in [0.2, 0.25) is 0 Å². The lowest BCUT2D eigenvalue weighted by atomic mass is 10.2. The van der Waals surface area contributed by atoms with Crippen LogP contribution >= 0.6 is 0 Å². The first-order chi connectivity index (χ1) is 10.2. The van der Waals surface area contributed by atoms with E-state index in [4.69, 9.17) is 0 Å². The lowest BCUT2D eigenvalue weighted by Crippen LogP contribution is -2.46. The van der Waals surface area contributed by atoms with Gasteiger partial charge in [0.15, 0.2) is 5.96 Å². The van der Waals surface area contributed by atoms with Crippen LogP contribution < -0.4 is 10.6 Å². The monoisotopic (exact) mass is 324 g/mol. The number of alkyl halides is 3. The molecule has 9 heteroatoms. The number of nitrogens with one attached hydrogen (secondary N) is 2. The number of nitrogens with zero attached hydrogens (tertiary/aromatic N) is 2. The van der Waals surface area contributed by atoms with Gasteiger partial charge in [0.1, 0.15) is 0 Å². The quantitative estimate of drug-likeness (QED) is 0.440. The van der Waals surface area contributed by atoms with Crippen molar-refractivity contribution in [2.45, 2.75) is 25.6 Å². The first kappa shape index (κ1) is 18.5. The molecule has 128 valence electrons. The number of rotatable bonds is 5. The highest BCUT2D eigenvalue weighted by Crippen LogP contribution is 2.19. The van der Waals surface area contributed by atoms with Gasteiger partial charge in [-0.1, -0.05) is 6.92 Å². The molecule has 2 atom stereocenters. The van der Waals surface area contributed by atoms with E-state index >= 15 is 0 Å². The number of methoxy groups -OCH3 is 1. The van der Waals surface area contributed by atoms with Crippen molar-refractivity contribution >= 4 is 11.9 Å². The molecule has 0 bridgehead atoms. The summed E-state index contributed by atoms with van der Waals surface area (Å²) >= 11 is 0. The molecule has 0 aliphatic carbocycles. The van der Waals surface area contributed by atoms with Gasteiger partial charge in [0, 0.05) is 32.7 Å². The molecular weight excluding hydrogens is 301 g/mol. The molecule has 6 nitrogen and oxygen atoms in total. The summed E-state index contributed by atoms with van der Waals surface area (Å²) in [5.41, 5.74) is 0. The van der Waals surface area contributed by atoms with Crippen LogP contribution in [0.1, 0.15) is 13.3 Å². The van der Waals surface area contributed by atoms with Gasteiger partial charge in [0.2, 0.25) is 0 Å². The fourth-order valence-corrected chi connectivity index (χ4v) is 2.27. The van der Waals surface area contributed by atoms with Gasteiger partial charge in [-0.2, -0.15) is 13.2 Å². The molecule has 0 saturated carbocycles. The van der Waals surface area contributed by atoms with E-state index < -0.39 is 12.7 Å². The number of hydrogen-bond acceptors (Lipinski definition) is 4. The average Bonchev–Trinajstić information content (AvgIpc) is 2.86. The van der Waals surface area contributed by atoms with E-state index in [0.717, 1.165) is 0 Å². The molecule has 0 aromatic carbocycles. The van der Waals surface area contributed by atoms with Gasteiger partial charge in [-0.05, 0) is 6.42 Å². The fraction of sp³-hybridized carbons (Fsp3) is 0.846. The molecule has 22 heavy (non-hydrogen) atoms. The standard InChI is InChI=1S/C13H23F3N4O2/c1-9(11(21)22-3)6-18-12(17-2)19-10-4-5-20(7-10)8-13(14,15)16/h9-10H,4-8H2,1-3H3,(H2,17,18,19). The molecule has 0 amide bonds. The minimum atomic E-state index is -4.18. The van der Waals surface area contributed by atoms with Crippen LogP contribution in [0.25, 0.3) is 0 Å². The van der Waals surface area contributed by atoms with Crippen molar-refractivity contribution in [3.63, 3.8) is 0 Å². The highest BCUT2D eigenvalue weighted by atomic mass is 19.4. The summed E-state index contributed by atoms with van der Waals surface area (Å²) in [4.78, 5) is 16.7. The number of aliphatic imine (C=N–C) groups is 1. The summed E-state index contributed by atoms with van der Waals surface area (Å²) in [6.45, 7) is 1.87. The Morgan fingerprint density at radius 2 is 2.18 bits per heavy atom. The van der Waals surface area contributed by atoms with E-state index in [-0.39, 0.29) is 17.9 Å². The van der Waals surface area contributed by atoms with Crippen molar-refractivity contribution in [3.05, 3.63) is 0 Å². The second kappa shape index (κ2) is 8.21. The molecule has 1 aliphatic rings. The Labute approximate surface area is 128 Å². The Kier molecular flexibility index (Phi) is 6.92. The first-order valence-corrected chi connectivity index (χ1v) is 7.09. The number of esters is 1. The van der Waals surface area contributed by atoms with Gasteiger partial charge in [-0.3, -0.25) is 14.7 Å². The maximum Gasteiger partial charge on any atom is 0.401 e. The Balaban J connectivity index is 2.37. The summed E-state index contributed by atoms with van der Waals surface area (Å²) in [5.74, 6) is -0.205. The average molecular weight is 324 g/mol. The molecule has 1 fully saturated rings. The highest BCUT2D eigenvalue weighted by Gasteiger charge is 2.34. The van der Waals surface area contributed by atoms with Gasteiger partial charge in [0.25, 0.3) is 0 Å². The Morgan fingerprint density at radius 3 is 2.73 bits per heavy atom. The maximum absolute atomic E-state index is 12.3. The van der Waals surface area contributed by atoms with Gasteiger partial charge in [-0.15, -0.1) is 0 Å². The van der Waals surface area contributed by atoms with Crippen molar-refractivity contribution < 1.29 is 22.7 Å². The number of guanidine groups is 1. The van der Waals surface area contributed by atoms with E-state index in [9.17, 15) is 18.0 Å². The maximum atomic E-state index is 12.3. The molecule has 1 saturated heterocycles. The lowest BCUT2D eigenvalue weighted by molar-refractivity contribution is -0.145. The first-order valence-electron chi connectivity index (χ1n) is 7.09. The van der Waals surface area contributed by atoms with Crippen molar-refractivity contribution in [2.24, 2.45) is 10.9 Å². The zero-order valence-electron chi connectivity index (χ0n) is 13.0. The zero-order valence-corrected chi connectivity index (χ0v) is 13.0. The van der Waals surface area contributed by atoms with Crippen LogP contribution in [0.5, 0.6) is 0 Å². The highest BCUT2D eigenvalue weighted by molar-refractivity contribution is 5.81. The predicted octanol–water partition coefficient (Wildman–Crippen LogP) is 0.597. The molecule has 2 N–H and O–H groups in total. The van der Waals surface area contributed by atoms with Crippen LogP contribution in [0.3, 0.4) is 0 Å². The predicted molar refractivity (Wildman–Crippen MR) is 76.6 cm³/mol. The van der Waals surface area contributed by atoms with Crippen LogP contribution in [0.4, 0.5) is 13.2 Å². The van der Waals surface area contributed by atoms with Crippen LogP contribution in [0, 0.1) is 5.92 Å². The third-order valence-corrected chi connectivity index (χ3v) is 3.42. The second-order valence-corrected chi connectivity index (χ2v) is 5.36. The third kappa shape index (κ3) is 6.50. The zero-order chi connectivity index (χ0) is 16.8. The van der Waals surface area contributed by atoms with E-state index in [1.165, 1.54) is 12.0 Å².